The molecule has 0 unspecified atom stereocenters. The van der Waals surface area contributed by atoms with Crippen LogP contribution in [0, 0.1) is 11.8 Å². The van der Waals surface area contributed by atoms with Crippen molar-refractivity contribution in [3.05, 3.63) is 46.2 Å². The standard InChI is InChI=1S/C12H6F3NO/c13-12(14,15)5-3-8-1-2-10-9(7-8)11(17)4-6-16-10/h1-2,4,6-7H,(H,16,17). The molecule has 0 saturated heterocycles. The summed E-state index contributed by atoms with van der Waals surface area (Å²) >= 11 is 0. The fraction of sp³-hybridized carbons (Fsp3) is 0.0833. The molecular formula is C12H6F3NO. The van der Waals surface area contributed by atoms with Gasteiger partial charge in [0.05, 0.1) is 0 Å². The second-order valence-electron chi connectivity index (χ2n) is 3.35. The Bertz CT molecular complexity index is 674. The zero-order valence-electron chi connectivity index (χ0n) is 8.43. The van der Waals surface area contributed by atoms with Crippen LogP contribution in [0.15, 0.2) is 35.3 Å². The van der Waals surface area contributed by atoms with Crippen molar-refractivity contribution in [3.8, 4) is 11.8 Å². The first-order valence-electron chi connectivity index (χ1n) is 4.67. The number of halogens is 3. The lowest BCUT2D eigenvalue weighted by molar-refractivity contribution is -0.0696. The largest absolute Gasteiger partial charge is 0.458 e. The molecule has 17 heavy (non-hydrogen) atoms. The molecule has 0 saturated carbocycles. The van der Waals surface area contributed by atoms with Gasteiger partial charge in [0.1, 0.15) is 0 Å². The van der Waals surface area contributed by atoms with E-state index in [0.29, 0.717) is 10.9 Å². The number of aromatic amines is 1. The third-order valence-electron chi connectivity index (χ3n) is 2.11. The molecular weight excluding hydrogens is 231 g/mol. The summed E-state index contributed by atoms with van der Waals surface area (Å²) in [6, 6.07) is 5.60. The molecule has 1 aromatic carbocycles. The van der Waals surface area contributed by atoms with Crippen molar-refractivity contribution in [2.24, 2.45) is 0 Å². The molecule has 86 valence electrons. The number of alkyl halides is 3. The molecule has 0 aliphatic heterocycles. The van der Waals surface area contributed by atoms with E-state index in [1.165, 1.54) is 30.5 Å². The molecule has 5 heteroatoms. The van der Waals surface area contributed by atoms with Gasteiger partial charge in [0.15, 0.2) is 5.43 Å². The van der Waals surface area contributed by atoms with Crippen LogP contribution < -0.4 is 5.43 Å². The maximum Gasteiger partial charge on any atom is 0.458 e. The summed E-state index contributed by atoms with van der Waals surface area (Å²) in [6.45, 7) is 0. The molecule has 2 nitrogen and oxygen atoms in total. The smallest absolute Gasteiger partial charge is 0.361 e. The van der Waals surface area contributed by atoms with E-state index in [1.54, 1.807) is 0 Å². The number of benzene rings is 1. The number of hydrogen-bond donors (Lipinski definition) is 1. The van der Waals surface area contributed by atoms with Crippen molar-refractivity contribution in [1.82, 2.24) is 4.98 Å². The quantitative estimate of drug-likeness (QED) is 0.701. The predicted molar refractivity (Wildman–Crippen MR) is 57.5 cm³/mol. The van der Waals surface area contributed by atoms with E-state index in [0.717, 1.165) is 5.92 Å². The minimum absolute atomic E-state index is 0.159. The number of H-pyrrole nitrogens is 1. The molecule has 0 fully saturated rings. The van der Waals surface area contributed by atoms with E-state index in [-0.39, 0.29) is 11.0 Å². The van der Waals surface area contributed by atoms with Crippen LogP contribution in [0.25, 0.3) is 10.9 Å². The number of fused-ring (bicyclic) bond motifs is 1. The van der Waals surface area contributed by atoms with Crippen LogP contribution in [0.5, 0.6) is 0 Å². The highest BCUT2D eigenvalue weighted by molar-refractivity contribution is 5.79. The summed E-state index contributed by atoms with van der Waals surface area (Å²) < 4.78 is 35.7. The van der Waals surface area contributed by atoms with Gasteiger partial charge in [-0.2, -0.15) is 13.2 Å². The summed E-state index contributed by atoms with van der Waals surface area (Å²) in [6.07, 6.45) is -3.05. The molecule has 2 aromatic rings. The molecule has 0 atom stereocenters. The first kappa shape index (κ1) is 11.3. The number of rotatable bonds is 0. The predicted octanol–water partition coefficient (Wildman–Crippen LogP) is 2.44. The van der Waals surface area contributed by atoms with E-state index in [1.807, 2.05) is 5.92 Å². The molecule has 0 bridgehead atoms. The topological polar surface area (TPSA) is 32.9 Å². The molecule has 0 radical (unpaired) electrons. The molecule has 0 spiro atoms. The summed E-state index contributed by atoms with van der Waals surface area (Å²) in [5.41, 5.74) is 0.469. The van der Waals surface area contributed by atoms with Gasteiger partial charge in [-0.1, -0.05) is 5.92 Å². The Morgan fingerprint density at radius 1 is 1.18 bits per heavy atom. The average molecular weight is 237 g/mol. The zero-order chi connectivity index (χ0) is 12.5. The average Bonchev–Trinajstić information content (AvgIpc) is 2.26. The summed E-state index contributed by atoms with van der Waals surface area (Å²) in [5, 5.41) is 0.321. The van der Waals surface area contributed by atoms with Gasteiger partial charge in [0.25, 0.3) is 0 Å². The van der Waals surface area contributed by atoms with Gasteiger partial charge in [-0.3, -0.25) is 4.79 Å². The van der Waals surface area contributed by atoms with Gasteiger partial charge < -0.3 is 4.98 Å². The number of aromatic nitrogens is 1. The van der Waals surface area contributed by atoms with Gasteiger partial charge in [0, 0.05) is 34.7 Å². The lowest BCUT2D eigenvalue weighted by Gasteiger charge is -1.97. The van der Waals surface area contributed by atoms with Gasteiger partial charge in [-0.05, 0) is 18.2 Å². The van der Waals surface area contributed by atoms with Crippen molar-refractivity contribution in [1.29, 1.82) is 0 Å². The molecule has 2 rings (SSSR count). The third kappa shape index (κ3) is 2.67. The van der Waals surface area contributed by atoms with Crippen molar-refractivity contribution in [2.75, 3.05) is 0 Å². The molecule has 0 amide bonds. The molecule has 0 aliphatic carbocycles. The monoisotopic (exact) mass is 237 g/mol. The van der Waals surface area contributed by atoms with Gasteiger partial charge in [-0.25, -0.2) is 0 Å². The Morgan fingerprint density at radius 3 is 2.65 bits per heavy atom. The second-order valence-corrected chi connectivity index (χ2v) is 3.35. The third-order valence-corrected chi connectivity index (χ3v) is 2.11. The van der Waals surface area contributed by atoms with E-state index >= 15 is 0 Å². The lowest BCUT2D eigenvalue weighted by Crippen LogP contribution is -2.02. The van der Waals surface area contributed by atoms with Crippen LogP contribution in [-0.2, 0) is 0 Å². The van der Waals surface area contributed by atoms with Crippen molar-refractivity contribution >= 4 is 10.9 Å². The summed E-state index contributed by atoms with van der Waals surface area (Å²) in [5.74, 6) is 3.14. The number of hydrogen-bond acceptors (Lipinski definition) is 1. The normalized spacial score (nSPS) is 11.0. The maximum absolute atomic E-state index is 11.9. The first-order valence-corrected chi connectivity index (χ1v) is 4.67. The van der Waals surface area contributed by atoms with Crippen LogP contribution in [0.2, 0.25) is 0 Å². The summed E-state index contributed by atoms with van der Waals surface area (Å²) in [7, 11) is 0. The lowest BCUT2D eigenvalue weighted by atomic mass is 10.1. The Kier molecular flexibility index (Phi) is 2.64. The Balaban J connectivity index is 2.55. The van der Waals surface area contributed by atoms with Crippen LogP contribution >= 0.6 is 0 Å². The van der Waals surface area contributed by atoms with Gasteiger partial charge in [-0.15, -0.1) is 0 Å². The Morgan fingerprint density at radius 2 is 1.94 bits per heavy atom. The molecule has 1 heterocycles. The second kappa shape index (κ2) is 3.98. The molecule has 0 aliphatic rings. The van der Waals surface area contributed by atoms with Gasteiger partial charge >= 0.3 is 6.18 Å². The van der Waals surface area contributed by atoms with Crippen LogP contribution in [0.4, 0.5) is 13.2 Å². The van der Waals surface area contributed by atoms with Gasteiger partial charge in [0.2, 0.25) is 0 Å². The van der Waals surface area contributed by atoms with E-state index in [2.05, 4.69) is 4.98 Å². The van der Waals surface area contributed by atoms with Crippen molar-refractivity contribution in [2.45, 2.75) is 6.18 Å². The van der Waals surface area contributed by atoms with Crippen LogP contribution in [-0.4, -0.2) is 11.2 Å². The first-order chi connectivity index (χ1) is 7.96. The summed E-state index contributed by atoms with van der Waals surface area (Å²) in [4.78, 5) is 14.3. The van der Waals surface area contributed by atoms with Crippen LogP contribution in [0.1, 0.15) is 5.56 Å². The van der Waals surface area contributed by atoms with E-state index in [9.17, 15) is 18.0 Å². The highest BCUT2D eigenvalue weighted by Gasteiger charge is 2.22. The van der Waals surface area contributed by atoms with Crippen molar-refractivity contribution < 1.29 is 13.2 Å². The van der Waals surface area contributed by atoms with E-state index in [4.69, 9.17) is 0 Å². The highest BCUT2D eigenvalue weighted by Crippen LogP contribution is 2.13. The SMILES string of the molecule is O=c1cc[nH]c2ccc(C#CC(F)(F)F)cc12. The van der Waals surface area contributed by atoms with Crippen LogP contribution in [0.3, 0.4) is 0 Å². The molecule has 1 N–H and O–H groups in total. The zero-order valence-corrected chi connectivity index (χ0v) is 8.43. The highest BCUT2D eigenvalue weighted by atomic mass is 19.4. The van der Waals surface area contributed by atoms with Crippen molar-refractivity contribution in [3.63, 3.8) is 0 Å². The number of pyridine rings is 1. The molecule has 1 aromatic heterocycles. The minimum Gasteiger partial charge on any atom is -0.361 e. The fourth-order valence-corrected chi connectivity index (χ4v) is 1.39. The van der Waals surface area contributed by atoms with E-state index < -0.39 is 6.18 Å². The Labute approximate surface area is 94.1 Å². The number of nitrogens with one attached hydrogen (secondary N) is 1. The maximum atomic E-state index is 11.9. The minimum atomic E-state index is -4.53. The Hall–Kier alpha value is -2.22. The fourth-order valence-electron chi connectivity index (χ4n) is 1.39.